The topological polar surface area (TPSA) is 94.0 Å². The Balaban J connectivity index is 1.64. The average molecular weight is 513 g/mol. The van der Waals surface area contributed by atoms with E-state index >= 15 is 4.39 Å². The maximum atomic E-state index is 15.0. The molecule has 0 aliphatic carbocycles. The van der Waals surface area contributed by atoms with Gasteiger partial charge in [-0.05, 0) is 49.7 Å². The smallest absolute Gasteiger partial charge is 0.254 e. The van der Waals surface area contributed by atoms with Crippen LogP contribution in [0.4, 0.5) is 15.8 Å². The van der Waals surface area contributed by atoms with Crippen LogP contribution < -0.4 is 16.0 Å². The van der Waals surface area contributed by atoms with E-state index in [1.165, 1.54) is 6.07 Å². The first-order valence-electron chi connectivity index (χ1n) is 11.6. The van der Waals surface area contributed by atoms with Crippen molar-refractivity contribution >= 4 is 35.0 Å². The van der Waals surface area contributed by atoms with Gasteiger partial charge in [-0.3, -0.25) is 9.59 Å². The van der Waals surface area contributed by atoms with Gasteiger partial charge in [0.15, 0.2) is 0 Å². The second-order valence-corrected chi connectivity index (χ2v) is 9.48. The zero-order chi connectivity index (χ0) is 26.4. The standard InChI is InChI=1S/C29H25FN4O2S/c1-18-9-8-12-21(15-18)33-25(35)17-37-29-23(16-31)27(22-13-6-7-14-24(22)30)26(19(2)32-29)28(36)34-20-10-4-3-5-11-20/h3-15,27,32H,17H2,1-2H3,(H,33,35)(H,34,36)/t27-/m0/s1. The van der Waals surface area contributed by atoms with Gasteiger partial charge < -0.3 is 16.0 Å². The number of dihydropyridines is 1. The number of para-hydroxylation sites is 1. The maximum absolute atomic E-state index is 15.0. The molecule has 0 aromatic heterocycles. The van der Waals surface area contributed by atoms with Crippen LogP contribution in [0.5, 0.6) is 0 Å². The van der Waals surface area contributed by atoms with Crippen LogP contribution in [0.2, 0.25) is 0 Å². The number of thioether (sulfide) groups is 1. The fraction of sp³-hybridized carbons (Fsp3) is 0.138. The van der Waals surface area contributed by atoms with Crippen molar-refractivity contribution in [1.82, 2.24) is 5.32 Å². The second-order valence-electron chi connectivity index (χ2n) is 8.50. The van der Waals surface area contributed by atoms with E-state index in [2.05, 4.69) is 22.0 Å². The van der Waals surface area contributed by atoms with E-state index in [4.69, 9.17) is 0 Å². The van der Waals surface area contributed by atoms with Gasteiger partial charge in [-0.15, -0.1) is 0 Å². The number of allylic oxidation sites excluding steroid dienone is 2. The summed E-state index contributed by atoms with van der Waals surface area (Å²) in [5.41, 5.74) is 3.36. The van der Waals surface area contributed by atoms with Gasteiger partial charge in [0.2, 0.25) is 5.91 Å². The monoisotopic (exact) mass is 512 g/mol. The summed E-state index contributed by atoms with van der Waals surface area (Å²) >= 11 is 1.13. The van der Waals surface area contributed by atoms with Gasteiger partial charge in [-0.25, -0.2) is 4.39 Å². The lowest BCUT2D eigenvalue weighted by Gasteiger charge is -2.30. The van der Waals surface area contributed by atoms with E-state index in [1.54, 1.807) is 55.5 Å². The number of nitriles is 1. The molecule has 3 aromatic rings. The number of anilines is 2. The summed E-state index contributed by atoms with van der Waals surface area (Å²) in [6.07, 6.45) is 0. The van der Waals surface area contributed by atoms with Crippen LogP contribution in [0.1, 0.15) is 24.0 Å². The molecule has 1 atom stereocenters. The van der Waals surface area contributed by atoms with E-state index < -0.39 is 17.6 Å². The molecule has 0 spiro atoms. The number of halogens is 1. The molecule has 2 amide bonds. The Labute approximate surface area is 219 Å². The van der Waals surface area contributed by atoms with Crippen LogP contribution in [0, 0.1) is 24.1 Å². The van der Waals surface area contributed by atoms with Crippen LogP contribution in [-0.4, -0.2) is 17.6 Å². The Morgan fingerprint density at radius 3 is 2.38 bits per heavy atom. The Bertz CT molecular complexity index is 1440. The van der Waals surface area contributed by atoms with Crippen LogP contribution in [0.3, 0.4) is 0 Å². The molecule has 3 N–H and O–H groups in total. The van der Waals surface area contributed by atoms with Crippen molar-refractivity contribution in [3.8, 4) is 6.07 Å². The third-order valence-corrected chi connectivity index (χ3v) is 6.81. The number of hydrogen-bond acceptors (Lipinski definition) is 5. The molecule has 37 heavy (non-hydrogen) atoms. The fourth-order valence-corrected chi connectivity index (χ4v) is 5.02. The van der Waals surface area contributed by atoms with Crippen molar-refractivity contribution in [1.29, 1.82) is 5.26 Å². The SMILES string of the molecule is CC1=C(C(=O)Nc2ccccc2)[C@@H](c2ccccc2F)C(C#N)=C(SCC(=O)Nc2cccc(C)c2)N1. The molecule has 6 nitrogen and oxygen atoms in total. The summed E-state index contributed by atoms with van der Waals surface area (Å²) in [5.74, 6) is -2.15. The molecule has 4 rings (SSSR count). The molecule has 8 heteroatoms. The quantitative estimate of drug-likeness (QED) is 0.370. The van der Waals surface area contributed by atoms with Crippen LogP contribution >= 0.6 is 11.8 Å². The summed E-state index contributed by atoms with van der Waals surface area (Å²) < 4.78 is 15.0. The van der Waals surface area contributed by atoms with Gasteiger partial charge in [-0.1, -0.05) is 60.3 Å². The first-order valence-corrected chi connectivity index (χ1v) is 12.6. The number of carbonyl (C=O) groups excluding carboxylic acids is 2. The molecule has 186 valence electrons. The summed E-state index contributed by atoms with van der Waals surface area (Å²) in [7, 11) is 0. The number of benzene rings is 3. The van der Waals surface area contributed by atoms with Crippen molar-refractivity contribution in [3.63, 3.8) is 0 Å². The van der Waals surface area contributed by atoms with Gasteiger partial charge in [0, 0.05) is 28.2 Å². The maximum Gasteiger partial charge on any atom is 0.254 e. The Morgan fingerprint density at radius 2 is 1.68 bits per heavy atom. The molecular weight excluding hydrogens is 487 g/mol. The van der Waals surface area contributed by atoms with Gasteiger partial charge >= 0.3 is 0 Å². The highest BCUT2D eigenvalue weighted by molar-refractivity contribution is 8.03. The first-order chi connectivity index (χ1) is 17.9. The highest BCUT2D eigenvalue weighted by Gasteiger charge is 2.36. The van der Waals surface area contributed by atoms with Crippen molar-refractivity contribution in [2.24, 2.45) is 0 Å². The van der Waals surface area contributed by atoms with Gasteiger partial charge in [0.05, 0.1) is 28.3 Å². The van der Waals surface area contributed by atoms with Gasteiger partial charge in [0.1, 0.15) is 5.82 Å². The predicted octanol–water partition coefficient (Wildman–Crippen LogP) is 5.84. The molecule has 0 radical (unpaired) electrons. The van der Waals surface area contributed by atoms with E-state index in [0.29, 0.717) is 22.1 Å². The van der Waals surface area contributed by atoms with E-state index in [9.17, 15) is 14.9 Å². The normalized spacial score (nSPS) is 15.0. The number of carbonyl (C=O) groups is 2. The Kier molecular flexibility index (Phi) is 8.06. The lowest BCUT2D eigenvalue weighted by Crippen LogP contribution is -2.31. The molecule has 0 unspecified atom stereocenters. The highest BCUT2D eigenvalue weighted by Crippen LogP contribution is 2.41. The van der Waals surface area contributed by atoms with E-state index in [-0.39, 0.29) is 28.4 Å². The second kappa shape index (κ2) is 11.6. The molecular formula is C29H25FN4O2S. The number of amides is 2. The number of nitrogens with zero attached hydrogens (tertiary/aromatic N) is 1. The Morgan fingerprint density at radius 1 is 0.973 bits per heavy atom. The van der Waals surface area contributed by atoms with Crippen molar-refractivity contribution in [2.75, 3.05) is 16.4 Å². The van der Waals surface area contributed by atoms with Gasteiger partial charge in [-0.2, -0.15) is 5.26 Å². The van der Waals surface area contributed by atoms with Crippen molar-refractivity contribution < 1.29 is 14.0 Å². The molecule has 0 bridgehead atoms. The van der Waals surface area contributed by atoms with Crippen LogP contribution in [-0.2, 0) is 9.59 Å². The zero-order valence-electron chi connectivity index (χ0n) is 20.3. The predicted molar refractivity (Wildman–Crippen MR) is 145 cm³/mol. The number of aryl methyl sites for hydroxylation is 1. The van der Waals surface area contributed by atoms with Gasteiger partial charge in [0.25, 0.3) is 5.91 Å². The fourth-order valence-electron chi connectivity index (χ4n) is 4.13. The summed E-state index contributed by atoms with van der Waals surface area (Å²) in [6, 6.07) is 24.6. The number of rotatable bonds is 7. The minimum Gasteiger partial charge on any atom is -0.353 e. The molecule has 3 aromatic carbocycles. The molecule has 0 saturated heterocycles. The average Bonchev–Trinajstić information content (AvgIpc) is 2.88. The minimum absolute atomic E-state index is 0.0181. The van der Waals surface area contributed by atoms with Crippen LogP contribution in [0.15, 0.2) is 101 Å². The van der Waals surface area contributed by atoms with Crippen LogP contribution in [0.25, 0.3) is 0 Å². The largest absolute Gasteiger partial charge is 0.353 e. The van der Waals surface area contributed by atoms with Crippen molar-refractivity contribution in [3.05, 3.63) is 118 Å². The lowest BCUT2D eigenvalue weighted by molar-refractivity contribution is -0.114. The molecule has 1 aliphatic heterocycles. The third kappa shape index (κ3) is 6.08. The summed E-state index contributed by atoms with van der Waals surface area (Å²) in [6.45, 7) is 3.64. The first kappa shape index (κ1) is 25.7. The van der Waals surface area contributed by atoms with E-state index in [1.807, 2.05) is 31.2 Å². The third-order valence-electron chi connectivity index (χ3n) is 5.79. The number of hydrogen-bond donors (Lipinski definition) is 3. The molecule has 1 heterocycles. The molecule has 0 fully saturated rings. The van der Waals surface area contributed by atoms with Crippen molar-refractivity contribution in [2.45, 2.75) is 19.8 Å². The summed E-state index contributed by atoms with van der Waals surface area (Å²) in [5, 5.41) is 19.4. The highest BCUT2D eigenvalue weighted by atomic mass is 32.2. The Hall–Kier alpha value is -4.35. The zero-order valence-corrected chi connectivity index (χ0v) is 21.2. The van der Waals surface area contributed by atoms with E-state index in [0.717, 1.165) is 17.3 Å². The summed E-state index contributed by atoms with van der Waals surface area (Å²) in [4.78, 5) is 26.0. The lowest BCUT2D eigenvalue weighted by atomic mass is 9.82. The number of nitrogens with one attached hydrogen (secondary N) is 3. The molecule has 1 aliphatic rings. The minimum atomic E-state index is -0.946. The molecule has 0 saturated carbocycles.